The molecule has 1 rings (SSSR count). The Bertz CT molecular complexity index is 329. The number of nitrogens with zero attached hydrogens (tertiary/aromatic N) is 1. The summed E-state index contributed by atoms with van der Waals surface area (Å²) in [6, 6.07) is 0. The van der Waals surface area contributed by atoms with Crippen LogP contribution in [-0.4, -0.2) is 47.1 Å². The van der Waals surface area contributed by atoms with Gasteiger partial charge in [-0.15, -0.1) is 0 Å². The summed E-state index contributed by atoms with van der Waals surface area (Å²) in [5, 5.41) is 12.9. The van der Waals surface area contributed by atoms with Gasteiger partial charge in [0, 0.05) is 19.5 Å². The van der Waals surface area contributed by atoms with Crippen molar-refractivity contribution in [1.82, 2.24) is 10.2 Å². The third kappa shape index (κ3) is 4.82. The molecule has 1 aliphatic rings. The van der Waals surface area contributed by atoms with Gasteiger partial charge in [-0.3, -0.25) is 9.59 Å². The van der Waals surface area contributed by atoms with Gasteiger partial charge in [0.2, 0.25) is 11.8 Å². The predicted octanol–water partition coefficient (Wildman–Crippen LogP) is 0.912. The number of carbonyl (C=O) groups is 2. The lowest BCUT2D eigenvalue weighted by Crippen LogP contribution is -2.49. The summed E-state index contributed by atoms with van der Waals surface area (Å²) in [7, 11) is 0. The summed E-state index contributed by atoms with van der Waals surface area (Å²) >= 11 is 0. The fourth-order valence-corrected chi connectivity index (χ4v) is 2.15. The van der Waals surface area contributed by atoms with Crippen LogP contribution in [0.4, 0.5) is 0 Å². The van der Waals surface area contributed by atoms with E-state index in [9.17, 15) is 14.7 Å². The molecule has 0 bridgehead atoms. The zero-order chi connectivity index (χ0) is 14.5. The number of amides is 2. The van der Waals surface area contributed by atoms with Gasteiger partial charge in [-0.2, -0.15) is 0 Å². The number of rotatable bonds is 6. The minimum Gasteiger partial charge on any atom is -0.388 e. The largest absolute Gasteiger partial charge is 0.388 e. The highest BCUT2D eigenvalue weighted by Gasteiger charge is 2.28. The van der Waals surface area contributed by atoms with Crippen molar-refractivity contribution in [3.63, 3.8) is 0 Å². The number of piperidine rings is 1. The molecule has 5 nitrogen and oxygen atoms in total. The van der Waals surface area contributed by atoms with Gasteiger partial charge >= 0.3 is 0 Å². The highest BCUT2D eigenvalue weighted by atomic mass is 16.3. The molecule has 0 aromatic rings. The van der Waals surface area contributed by atoms with E-state index < -0.39 is 5.60 Å². The van der Waals surface area contributed by atoms with E-state index >= 15 is 0 Å². The third-order valence-corrected chi connectivity index (χ3v) is 4.07. The molecule has 2 unspecified atom stereocenters. The standard InChI is InChI=1S/C14H26N2O3/c1-4-11(2)14(3,19)10-15-12(17)9-16-8-6-5-7-13(16)18/h11,19H,4-10H2,1-3H3,(H,15,17). The van der Waals surface area contributed by atoms with Crippen LogP contribution in [0, 0.1) is 5.92 Å². The molecule has 0 radical (unpaired) electrons. The van der Waals surface area contributed by atoms with Gasteiger partial charge in [-0.25, -0.2) is 0 Å². The maximum Gasteiger partial charge on any atom is 0.239 e. The van der Waals surface area contributed by atoms with E-state index in [1.54, 1.807) is 11.8 Å². The van der Waals surface area contributed by atoms with Gasteiger partial charge < -0.3 is 15.3 Å². The second-order valence-corrected chi connectivity index (χ2v) is 5.72. The summed E-state index contributed by atoms with van der Waals surface area (Å²) in [6.45, 7) is 6.69. The van der Waals surface area contributed by atoms with E-state index in [0.29, 0.717) is 13.0 Å². The maximum atomic E-state index is 11.8. The number of hydrogen-bond donors (Lipinski definition) is 2. The zero-order valence-electron chi connectivity index (χ0n) is 12.2. The molecule has 2 N–H and O–H groups in total. The van der Waals surface area contributed by atoms with Crippen molar-refractivity contribution in [1.29, 1.82) is 0 Å². The quantitative estimate of drug-likeness (QED) is 0.754. The molecule has 2 amide bonds. The number of aliphatic hydroxyl groups is 1. The second-order valence-electron chi connectivity index (χ2n) is 5.72. The fourth-order valence-electron chi connectivity index (χ4n) is 2.15. The summed E-state index contributed by atoms with van der Waals surface area (Å²) in [5.74, 6) is -0.0293. The normalized spacial score (nSPS) is 20.8. The Labute approximate surface area is 115 Å². The number of carbonyl (C=O) groups excluding carboxylic acids is 2. The lowest BCUT2D eigenvalue weighted by Gasteiger charge is -2.31. The Morgan fingerprint density at radius 2 is 2.21 bits per heavy atom. The average molecular weight is 270 g/mol. The smallest absolute Gasteiger partial charge is 0.239 e. The van der Waals surface area contributed by atoms with E-state index in [1.165, 1.54) is 0 Å². The van der Waals surface area contributed by atoms with Crippen LogP contribution in [-0.2, 0) is 9.59 Å². The Balaban J connectivity index is 2.37. The lowest BCUT2D eigenvalue weighted by atomic mass is 9.89. The van der Waals surface area contributed by atoms with Crippen LogP contribution in [0.1, 0.15) is 46.5 Å². The van der Waals surface area contributed by atoms with Gasteiger partial charge in [0.15, 0.2) is 0 Å². The molecule has 0 aliphatic carbocycles. The van der Waals surface area contributed by atoms with E-state index in [1.807, 2.05) is 13.8 Å². The van der Waals surface area contributed by atoms with Crippen LogP contribution < -0.4 is 5.32 Å². The molecule has 5 heteroatoms. The molecule has 0 aromatic carbocycles. The Morgan fingerprint density at radius 1 is 1.53 bits per heavy atom. The van der Waals surface area contributed by atoms with Crippen molar-refractivity contribution in [2.75, 3.05) is 19.6 Å². The molecule has 1 fully saturated rings. The summed E-state index contributed by atoms with van der Waals surface area (Å²) in [4.78, 5) is 25.0. The van der Waals surface area contributed by atoms with Gasteiger partial charge in [-0.05, 0) is 25.7 Å². The second kappa shape index (κ2) is 6.89. The maximum absolute atomic E-state index is 11.8. The first-order valence-electron chi connectivity index (χ1n) is 7.13. The topological polar surface area (TPSA) is 69.6 Å². The van der Waals surface area contributed by atoms with Gasteiger partial charge in [0.25, 0.3) is 0 Å². The summed E-state index contributed by atoms with van der Waals surface area (Å²) in [6.07, 6.45) is 3.27. The SMILES string of the molecule is CCC(C)C(C)(O)CNC(=O)CN1CCCCC1=O. The van der Waals surface area contributed by atoms with E-state index in [-0.39, 0.29) is 30.8 Å². The van der Waals surface area contributed by atoms with Crippen LogP contribution in [0.2, 0.25) is 0 Å². The lowest BCUT2D eigenvalue weighted by molar-refractivity contribution is -0.138. The van der Waals surface area contributed by atoms with Crippen LogP contribution in [0.3, 0.4) is 0 Å². The van der Waals surface area contributed by atoms with Crippen LogP contribution in [0.25, 0.3) is 0 Å². The molecule has 110 valence electrons. The average Bonchev–Trinajstić information content (AvgIpc) is 2.38. The molecule has 0 aromatic heterocycles. The van der Waals surface area contributed by atoms with Gasteiger partial charge in [0.1, 0.15) is 0 Å². The van der Waals surface area contributed by atoms with Crippen LogP contribution in [0.5, 0.6) is 0 Å². The Hall–Kier alpha value is -1.10. The third-order valence-electron chi connectivity index (χ3n) is 4.07. The predicted molar refractivity (Wildman–Crippen MR) is 73.5 cm³/mol. The molecule has 1 saturated heterocycles. The molecular weight excluding hydrogens is 244 g/mol. The molecule has 0 spiro atoms. The first-order valence-corrected chi connectivity index (χ1v) is 7.13. The van der Waals surface area contributed by atoms with Crippen LogP contribution in [0.15, 0.2) is 0 Å². The zero-order valence-corrected chi connectivity index (χ0v) is 12.2. The highest BCUT2D eigenvalue weighted by Crippen LogP contribution is 2.18. The molecule has 1 aliphatic heterocycles. The van der Waals surface area contributed by atoms with Crippen molar-refractivity contribution in [2.24, 2.45) is 5.92 Å². The number of nitrogens with one attached hydrogen (secondary N) is 1. The van der Waals surface area contributed by atoms with E-state index in [2.05, 4.69) is 5.32 Å². The number of hydrogen-bond acceptors (Lipinski definition) is 3. The summed E-state index contributed by atoms with van der Waals surface area (Å²) < 4.78 is 0. The first-order chi connectivity index (χ1) is 8.86. The van der Waals surface area contributed by atoms with Gasteiger partial charge in [0.05, 0.1) is 12.1 Å². The van der Waals surface area contributed by atoms with Crippen molar-refractivity contribution in [3.05, 3.63) is 0 Å². The Morgan fingerprint density at radius 3 is 2.79 bits per heavy atom. The van der Waals surface area contributed by atoms with Crippen molar-refractivity contribution in [2.45, 2.75) is 52.1 Å². The monoisotopic (exact) mass is 270 g/mol. The van der Waals surface area contributed by atoms with E-state index in [0.717, 1.165) is 19.3 Å². The van der Waals surface area contributed by atoms with Crippen molar-refractivity contribution >= 4 is 11.8 Å². The summed E-state index contributed by atoms with van der Waals surface area (Å²) in [5.41, 5.74) is -0.906. The molecular formula is C14H26N2O3. The molecule has 2 atom stereocenters. The van der Waals surface area contributed by atoms with Crippen LogP contribution >= 0.6 is 0 Å². The molecule has 19 heavy (non-hydrogen) atoms. The van der Waals surface area contributed by atoms with E-state index in [4.69, 9.17) is 0 Å². The Kier molecular flexibility index (Phi) is 5.79. The van der Waals surface area contributed by atoms with Gasteiger partial charge in [-0.1, -0.05) is 20.3 Å². The minimum absolute atomic E-state index is 0.0510. The number of likely N-dealkylation sites (tertiary alicyclic amines) is 1. The van der Waals surface area contributed by atoms with Crippen molar-refractivity contribution < 1.29 is 14.7 Å². The fraction of sp³-hybridized carbons (Fsp3) is 0.857. The first kappa shape index (κ1) is 16.0. The van der Waals surface area contributed by atoms with Crippen molar-refractivity contribution in [3.8, 4) is 0 Å². The molecule has 1 heterocycles. The minimum atomic E-state index is -0.906. The molecule has 0 saturated carbocycles. The highest BCUT2D eigenvalue weighted by molar-refractivity contribution is 5.85.